The van der Waals surface area contributed by atoms with Gasteiger partial charge in [-0.3, -0.25) is 19.2 Å². The summed E-state index contributed by atoms with van der Waals surface area (Å²) in [5, 5.41) is 12.3. The van der Waals surface area contributed by atoms with Gasteiger partial charge in [-0.25, -0.2) is 4.79 Å². The number of carboxylic acids is 1. The molecule has 2 aromatic carbocycles. The van der Waals surface area contributed by atoms with Gasteiger partial charge in [0.25, 0.3) is 0 Å². The molecule has 1 heterocycles. The maximum absolute atomic E-state index is 13.9. The molecule has 48 heavy (non-hydrogen) atoms. The highest BCUT2D eigenvalue weighted by Crippen LogP contribution is 2.22. The van der Waals surface area contributed by atoms with Crippen molar-refractivity contribution in [1.29, 1.82) is 0 Å². The van der Waals surface area contributed by atoms with E-state index in [1.165, 1.54) is 4.90 Å². The minimum Gasteiger partial charge on any atom is -0.479 e. The molecular weight excluding hydrogens is 612 g/mol. The van der Waals surface area contributed by atoms with E-state index >= 15 is 0 Å². The van der Waals surface area contributed by atoms with Crippen molar-refractivity contribution in [1.82, 2.24) is 10.2 Å². The second kappa shape index (κ2) is 20.4. The Hall–Kier alpha value is -3.93. The molecule has 2 amide bonds. The second-order valence-electron chi connectivity index (χ2n) is 12.8. The number of ketones is 2. The first kappa shape index (κ1) is 40.2. The van der Waals surface area contributed by atoms with E-state index in [0.29, 0.717) is 38.6 Å². The number of Topliss-reactive ketones (excluding diaryl/α,β-unsaturated/α-hetero) is 2. The Morgan fingerprint density at radius 1 is 0.917 bits per heavy atom. The number of carbonyl (C=O) groups is 5. The second-order valence-corrected chi connectivity index (χ2v) is 12.8. The molecule has 0 aliphatic carbocycles. The van der Waals surface area contributed by atoms with Gasteiger partial charge in [0.15, 0.2) is 17.7 Å². The van der Waals surface area contributed by atoms with Crippen LogP contribution in [0, 0.1) is 17.8 Å². The largest absolute Gasteiger partial charge is 0.479 e. The van der Waals surface area contributed by atoms with Crippen LogP contribution in [-0.2, 0) is 41.6 Å². The lowest BCUT2D eigenvalue weighted by Crippen LogP contribution is -2.51. The summed E-state index contributed by atoms with van der Waals surface area (Å²) >= 11 is 0. The van der Waals surface area contributed by atoms with Crippen molar-refractivity contribution in [2.75, 3.05) is 26.2 Å². The number of hydrogen-bond donors (Lipinski definition) is 4. The maximum Gasteiger partial charge on any atom is 0.334 e. The van der Waals surface area contributed by atoms with Gasteiger partial charge < -0.3 is 31.5 Å². The number of rotatable bonds is 19. The number of aliphatic carboxylic acids is 1. The van der Waals surface area contributed by atoms with Gasteiger partial charge in [-0.15, -0.1) is 0 Å². The first-order valence-corrected chi connectivity index (χ1v) is 16.5. The summed E-state index contributed by atoms with van der Waals surface area (Å²) in [6.07, 6.45) is 0.496. The smallest absolute Gasteiger partial charge is 0.334 e. The Labute approximate surface area is 284 Å². The fourth-order valence-corrected chi connectivity index (χ4v) is 5.88. The molecule has 1 saturated heterocycles. The predicted octanol–water partition coefficient (Wildman–Crippen LogP) is 3.17. The Morgan fingerprint density at radius 2 is 1.50 bits per heavy atom. The van der Waals surface area contributed by atoms with Gasteiger partial charge in [0.2, 0.25) is 11.8 Å². The minimum atomic E-state index is -1.15. The predicted molar refractivity (Wildman–Crippen MR) is 185 cm³/mol. The molecular formula is C37H54N4O7. The average molecular weight is 667 g/mol. The lowest BCUT2D eigenvalue weighted by atomic mass is 9.87. The van der Waals surface area contributed by atoms with Gasteiger partial charge in [0.05, 0.1) is 25.2 Å². The van der Waals surface area contributed by atoms with Crippen molar-refractivity contribution in [2.24, 2.45) is 29.2 Å². The zero-order valence-corrected chi connectivity index (χ0v) is 27.5. The summed E-state index contributed by atoms with van der Waals surface area (Å²) in [6.45, 7) is 4.42. The number of nitrogens with one attached hydrogen (secondary N) is 1. The van der Waals surface area contributed by atoms with Crippen LogP contribution in [0.15, 0.2) is 60.7 Å². The molecule has 11 nitrogen and oxygen atoms in total. The lowest BCUT2D eigenvalue weighted by Gasteiger charge is -2.33. The molecule has 2 aromatic rings. The van der Waals surface area contributed by atoms with E-state index in [1.807, 2.05) is 74.5 Å². The lowest BCUT2D eigenvalue weighted by molar-refractivity contribution is -0.161. The van der Waals surface area contributed by atoms with Crippen molar-refractivity contribution < 1.29 is 33.8 Å². The summed E-state index contributed by atoms with van der Waals surface area (Å²) in [5.74, 6) is -3.86. The number of amides is 2. The van der Waals surface area contributed by atoms with Crippen LogP contribution in [-0.4, -0.2) is 83.8 Å². The van der Waals surface area contributed by atoms with Crippen LogP contribution < -0.4 is 16.8 Å². The highest BCUT2D eigenvalue weighted by molar-refractivity contribution is 5.95. The minimum absolute atomic E-state index is 0. The topological polar surface area (TPSA) is 182 Å². The van der Waals surface area contributed by atoms with Gasteiger partial charge in [-0.2, -0.15) is 0 Å². The van der Waals surface area contributed by atoms with Gasteiger partial charge in [-0.05, 0) is 55.7 Å². The number of nitrogens with zero attached hydrogens (tertiary/aromatic N) is 1. The first-order valence-electron chi connectivity index (χ1n) is 16.5. The van der Waals surface area contributed by atoms with E-state index in [9.17, 15) is 29.1 Å². The Kier molecular flexibility index (Phi) is 17.1. The summed E-state index contributed by atoms with van der Waals surface area (Å²) in [6, 6.07) is 17.2. The molecule has 0 spiro atoms. The molecule has 1 aliphatic heterocycles. The third kappa shape index (κ3) is 12.9. The first-order chi connectivity index (χ1) is 22.5. The van der Waals surface area contributed by atoms with E-state index in [0.717, 1.165) is 11.1 Å². The van der Waals surface area contributed by atoms with Crippen molar-refractivity contribution >= 4 is 29.4 Å². The molecule has 5 atom stereocenters. The summed E-state index contributed by atoms with van der Waals surface area (Å²) < 4.78 is 5.26. The molecule has 6 N–H and O–H groups in total. The monoisotopic (exact) mass is 666 g/mol. The quantitative estimate of drug-likeness (QED) is 0.175. The van der Waals surface area contributed by atoms with E-state index in [-0.39, 0.29) is 63.4 Å². The molecule has 1 aliphatic rings. The van der Waals surface area contributed by atoms with Crippen molar-refractivity contribution in [3.8, 4) is 0 Å². The standard InChI is InChI=1S/C36H50N4O7.CH4/c1-24(2)18-30(32(42)21-27(14-9-15-37)35(44)40-16-17-47-33(23-40)36(45)46)39-34(43)28(19-25-10-5-3-6-11-25)22-31(41)29(38)20-26-12-7-4-8-13-26;/h3-8,10-13,24,27-30,33H,9,14-23,37-38H2,1-2H3,(H,39,43)(H,45,46);1H4/t27-,28-,29+,30+,33?;/m0./s1. The number of ether oxygens (including phenoxy) is 1. The maximum atomic E-state index is 13.9. The Bertz CT molecular complexity index is 1320. The molecule has 0 aromatic heterocycles. The van der Waals surface area contributed by atoms with Gasteiger partial charge in [-0.1, -0.05) is 81.9 Å². The molecule has 0 radical (unpaired) electrons. The zero-order chi connectivity index (χ0) is 34.3. The SMILES string of the molecule is C.CC(C)C[C@@H](NC(=O)[C@H](CC(=O)[C@H](N)Cc1ccccc1)Cc1ccccc1)C(=O)C[C@H](CCCN)C(=O)N1CCOC(C(=O)O)C1. The van der Waals surface area contributed by atoms with Crippen LogP contribution in [0.3, 0.4) is 0 Å². The number of hydrogen-bond acceptors (Lipinski definition) is 8. The number of morpholine rings is 1. The molecule has 3 rings (SSSR count). The van der Waals surface area contributed by atoms with Crippen LogP contribution in [0.4, 0.5) is 0 Å². The summed E-state index contributed by atoms with van der Waals surface area (Å²) in [5.41, 5.74) is 13.8. The third-order valence-corrected chi connectivity index (χ3v) is 8.47. The normalized spacial score (nSPS) is 17.0. The molecule has 1 fully saturated rings. The van der Waals surface area contributed by atoms with Crippen LogP contribution in [0.1, 0.15) is 64.5 Å². The van der Waals surface area contributed by atoms with E-state index in [1.54, 1.807) is 0 Å². The highest BCUT2D eigenvalue weighted by Gasteiger charge is 2.35. The van der Waals surface area contributed by atoms with Crippen molar-refractivity contribution in [3.05, 3.63) is 71.8 Å². The molecule has 1 unspecified atom stereocenters. The highest BCUT2D eigenvalue weighted by atomic mass is 16.5. The van der Waals surface area contributed by atoms with Gasteiger partial charge in [0.1, 0.15) is 0 Å². The third-order valence-electron chi connectivity index (χ3n) is 8.47. The fraction of sp³-hybridized carbons (Fsp3) is 0.541. The van der Waals surface area contributed by atoms with E-state index in [2.05, 4.69) is 5.32 Å². The molecule has 0 bridgehead atoms. The van der Waals surface area contributed by atoms with E-state index < -0.39 is 41.9 Å². The van der Waals surface area contributed by atoms with Crippen LogP contribution in [0.25, 0.3) is 0 Å². The van der Waals surface area contributed by atoms with Gasteiger partial charge >= 0.3 is 5.97 Å². The molecule has 264 valence electrons. The fourth-order valence-electron chi connectivity index (χ4n) is 5.88. The average Bonchev–Trinajstić information content (AvgIpc) is 3.06. The molecule has 0 saturated carbocycles. The van der Waals surface area contributed by atoms with Crippen LogP contribution in [0.2, 0.25) is 0 Å². The van der Waals surface area contributed by atoms with Gasteiger partial charge in [0, 0.05) is 31.2 Å². The van der Waals surface area contributed by atoms with Crippen LogP contribution in [0.5, 0.6) is 0 Å². The molecule has 11 heteroatoms. The Morgan fingerprint density at radius 3 is 2.06 bits per heavy atom. The van der Waals surface area contributed by atoms with E-state index in [4.69, 9.17) is 16.2 Å². The van der Waals surface area contributed by atoms with Crippen molar-refractivity contribution in [3.63, 3.8) is 0 Å². The Balaban J connectivity index is 0.00000800. The summed E-state index contributed by atoms with van der Waals surface area (Å²) in [7, 11) is 0. The number of benzene rings is 2. The zero-order valence-electron chi connectivity index (χ0n) is 27.5. The van der Waals surface area contributed by atoms with Crippen molar-refractivity contribution in [2.45, 2.75) is 84.4 Å². The number of carbonyl (C=O) groups excluding carboxylic acids is 4. The number of nitrogens with two attached hydrogens (primary N) is 2. The van der Waals surface area contributed by atoms with Crippen LogP contribution >= 0.6 is 0 Å². The number of carboxylic acid groups (broad SMARTS) is 1. The summed E-state index contributed by atoms with van der Waals surface area (Å²) in [4.78, 5) is 67.5.